The van der Waals surface area contributed by atoms with Crippen molar-refractivity contribution in [3.05, 3.63) is 35.9 Å². The van der Waals surface area contributed by atoms with Crippen LogP contribution in [0, 0.1) is 11.8 Å². The lowest BCUT2D eigenvalue weighted by Crippen LogP contribution is -2.42. The molecule has 1 aromatic carbocycles. The normalized spacial score (nSPS) is 19.1. The monoisotopic (exact) mass is 273 g/mol. The number of carbonyl (C=O) groups excluding carboxylic acids is 2. The van der Waals surface area contributed by atoms with Gasteiger partial charge in [-0.2, -0.15) is 0 Å². The zero-order chi connectivity index (χ0) is 14.5. The van der Waals surface area contributed by atoms with Gasteiger partial charge in [0, 0.05) is 31.0 Å². The highest BCUT2D eigenvalue weighted by Gasteiger charge is 2.28. The Hall–Kier alpha value is -1.64. The number of benzene rings is 1. The van der Waals surface area contributed by atoms with E-state index in [-0.39, 0.29) is 17.6 Å². The van der Waals surface area contributed by atoms with Crippen LogP contribution >= 0.6 is 0 Å². The third-order valence-corrected chi connectivity index (χ3v) is 3.79. The molecule has 108 valence electrons. The van der Waals surface area contributed by atoms with E-state index in [0.717, 1.165) is 24.9 Å². The van der Waals surface area contributed by atoms with Gasteiger partial charge in [0.2, 0.25) is 5.91 Å². The smallest absolute Gasteiger partial charge is 0.222 e. The molecule has 3 heteroatoms. The SMILES string of the molecule is CC(C)CC(=O)N1CCCC(C(=O)c2ccccc2)C1. The fourth-order valence-corrected chi connectivity index (χ4v) is 2.73. The molecular weight excluding hydrogens is 250 g/mol. The molecule has 3 nitrogen and oxygen atoms in total. The third-order valence-electron chi connectivity index (χ3n) is 3.79. The molecular formula is C17H23NO2. The van der Waals surface area contributed by atoms with E-state index in [1.165, 1.54) is 0 Å². The van der Waals surface area contributed by atoms with Gasteiger partial charge >= 0.3 is 0 Å². The minimum atomic E-state index is -0.0396. The zero-order valence-electron chi connectivity index (χ0n) is 12.3. The summed E-state index contributed by atoms with van der Waals surface area (Å²) in [6, 6.07) is 9.40. The van der Waals surface area contributed by atoms with Gasteiger partial charge in [0.25, 0.3) is 0 Å². The minimum Gasteiger partial charge on any atom is -0.342 e. The lowest BCUT2D eigenvalue weighted by molar-refractivity contribution is -0.133. The van der Waals surface area contributed by atoms with Gasteiger partial charge in [-0.05, 0) is 18.8 Å². The van der Waals surface area contributed by atoms with Crippen molar-refractivity contribution in [2.75, 3.05) is 13.1 Å². The van der Waals surface area contributed by atoms with Crippen LogP contribution in [0.1, 0.15) is 43.5 Å². The molecule has 20 heavy (non-hydrogen) atoms. The number of likely N-dealkylation sites (tertiary alicyclic amines) is 1. The number of piperidine rings is 1. The van der Waals surface area contributed by atoms with E-state index in [2.05, 4.69) is 13.8 Å². The van der Waals surface area contributed by atoms with E-state index in [1.54, 1.807) is 0 Å². The Labute approximate surface area is 121 Å². The predicted octanol–water partition coefficient (Wildman–Crippen LogP) is 3.15. The van der Waals surface area contributed by atoms with Crippen LogP contribution in [0.15, 0.2) is 30.3 Å². The zero-order valence-corrected chi connectivity index (χ0v) is 12.3. The van der Waals surface area contributed by atoms with Gasteiger partial charge in [0.15, 0.2) is 5.78 Å². The molecule has 2 rings (SSSR count). The lowest BCUT2D eigenvalue weighted by atomic mass is 9.89. The number of hydrogen-bond acceptors (Lipinski definition) is 2. The Morgan fingerprint density at radius 2 is 1.95 bits per heavy atom. The van der Waals surface area contributed by atoms with Gasteiger partial charge in [0.1, 0.15) is 0 Å². The van der Waals surface area contributed by atoms with Crippen molar-refractivity contribution < 1.29 is 9.59 Å². The van der Waals surface area contributed by atoms with Gasteiger partial charge in [-0.15, -0.1) is 0 Å². The molecule has 1 aromatic rings. The number of ketones is 1. The number of carbonyl (C=O) groups is 2. The summed E-state index contributed by atoms with van der Waals surface area (Å²) in [5, 5.41) is 0. The Morgan fingerprint density at radius 3 is 2.60 bits per heavy atom. The van der Waals surface area contributed by atoms with E-state index in [9.17, 15) is 9.59 Å². The highest BCUT2D eigenvalue weighted by molar-refractivity contribution is 5.98. The van der Waals surface area contributed by atoms with Crippen molar-refractivity contribution in [3.8, 4) is 0 Å². The lowest BCUT2D eigenvalue weighted by Gasteiger charge is -2.32. The van der Waals surface area contributed by atoms with E-state index in [0.29, 0.717) is 18.9 Å². The Morgan fingerprint density at radius 1 is 1.25 bits per heavy atom. The number of nitrogens with zero attached hydrogens (tertiary/aromatic N) is 1. The molecule has 0 spiro atoms. The predicted molar refractivity (Wildman–Crippen MR) is 79.5 cm³/mol. The van der Waals surface area contributed by atoms with E-state index in [1.807, 2.05) is 35.2 Å². The van der Waals surface area contributed by atoms with Crippen LogP contribution in [-0.2, 0) is 4.79 Å². The summed E-state index contributed by atoms with van der Waals surface area (Å²) in [6.45, 7) is 5.48. The van der Waals surface area contributed by atoms with E-state index in [4.69, 9.17) is 0 Å². The quantitative estimate of drug-likeness (QED) is 0.790. The van der Waals surface area contributed by atoms with Crippen LogP contribution in [0.4, 0.5) is 0 Å². The molecule has 1 saturated heterocycles. The topological polar surface area (TPSA) is 37.4 Å². The average Bonchev–Trinajstić information content (AvgIpc) is 2.47. The number of hydrogen-bond donors (Lipinski definition) is 0. The molecule has 0 N–H and O–H groups in total. The first-order valence-corrected chi connectivity index (χ1v) is 7.45. The summed E-state index contributed by atoms with van der Waals surface area (Å²) < 4.78 is 0. The number of amides is 1. The van der Waals surface area contributed by atoms with Crippen LogP contribution in [0.5, 0.6) is 0 Å². The van der Waals surface area contributed by atoms with Crippen molar-refractivity contribution in [2.24, 2.45) is 11.8 Å². The number of Topliss-reactive ketones (excluding diaryl/α,β-unsaturated/α-hetero) is 1. The van der Waals surface area contributed by atoms with Gasteiger partial charge in [-0.25, -0.2) is 0 Å². The minimum absolute atomic E-state index is 0.0396. The fourth-order valence-electron chi connectivity index (χ4n) is 2.73. The maximum Gasteiger partial charge on any atom is 0.222 e. The van der Waals surface area contributed by atoms with Crippen LogP contribution in [-0.4, -0.2) is 29.7 Å². The summed E-state index contributed by atoms with van der Waals surface area (Å²) in [6.07, 6.45) is 2.39. The Balaban J connectivity index is 2.00. The Kier molecular flexibility index (Phi) is 4.94. The van der Waals surface area contributed by atoms with Crippen LogP contribution in [0.2, 0.25) is 0 Å². The maximum atomic E-state index is 12.5. The molecule has 1 fully saturated rings. The second-order valence-electron chi connectivity index (χ2n) is 6.01. The van der Waals surface area contributed by atoms with E-state index < -0.39 is 0 Å². The second kappa shape index (κ2) is 6.69. The number of rotatable bonds is 4. The molecule has 0 aliphatic carbocycles. The molecule has 1 unspecified atom stereocenters. The largest absolute Gasteiger partial charge is 0.342 e. The summed E-state index contributed by atoms with van der Waals surface area (Å²) in [5.41, 5.74) is 0.760. The van der Waals surface area contributed by atoms with Crippen molar-refractivity contribution in [1.29, 1.82) is 0 Å². The van der Waals surface area contributed by atoms with Crippen LogP contribution in [0.25, 0.3) is 0 Å². The molecule has 0 bridgehead atoms. The molecule has 1 aliphatic heterocycles. The molecule has 0 aromatic heterocycles. The molecule has 1 aliphatic rings. The summed E-state index contributed by atoms with van der Waals surface area (Å²) in [4.78, 5) is 26.4. The fraction of sp³-hybridized carbons (Fsp3) is 0.529. The summed E-state index contributed by atoms with van der Waals surface area (Å²) in [7, 11) is 0. The molecule has 0 saturated carbocycles. The average molecular weight is 273 g/mol. The molecule has 1 heterocycles. The Bertz CT molecular complexity index is 467. The first-order valence-electron chi connectivity index (χ1n) is 7.45. The first-order chi connectivity index (χ1) is 9.58. The maximum absolute atomic E-state index is 12.5. The van der Waals surface area contributed by atoms with Crippen LogP contribution in [0.3, 0.4) is 0 Å². The van der Waals surface area contributed by atoms with Crippen molar-refractivity contribution in [2.45, 2.75) is 33.1 Å². The first kappa shape index (κ1) is 14.8. The highest BCUT2D eigenvalue weighted by Crippen LogP contribution is 2.22. The van der Waals surface area contributed by atoms with Crippen LogP contribution < -0.4 is 0 Å². The molecule has 1 amide bonds. The van der Waals surface area contributed by atoms with Gasteiger partial charge in [-0.3, -0.25) is 9.59 Å². The van der Waals surface area contributed by atoms with Gasteiger partial charge < -0.3 is 4.90 Å². The van der Waals surface area contributed by atoms with Crippen molar-refractivity contribution in [1.82, 2.24) is 4.90 Å². The molecule has 1 atom stereocenters. The highest BCUT2D eigenvalue weighted by atomic mass is 16.2. The standard InChI is InChI=1S/C17H23NO2/c1-13(2)11-16(19)18-10-6-9-15(12-18)17(20)14-7-4-3-5-8-14/h3-5,7-8,13,15H,6,9-12H2,1-2H3. The second-order valence-corrected chi connectivity index (χ2v) is 6.01. The van der Waals surface area contributed by atoms with Crippen molar-refractivity contribution in [3.63, 3.8) is 0 Å². The third kappa shape index (κ3) is 3.69. The summed E-state index contributed by atoms with van der Waals surface area (Å²) >= 11 is 0. The molecule has 0 radical (unpaired) electrons. The van der Waals surface area contributed by atoms with E-state index >= 15 is 0 Å². The van der Waals surface area contributed by atoms with Gasteiger partial charge in [0.05, 0.1) is 0 Å². The van der Waals surface area contributed by atoms with Gasteiger partial charge in [-0.1, -0.05) is 44.2 Å². The van der Waals surface area contributed by atoms with Crippen molar-refractivity contribution >= 4 is 11.7 Å². The summed E-state index contributed by atoms with van der Waals surface area (Å²) in [5.74, 6) is 0.688.